The third kappa shape index (κ3) is 5.86. The Kier molecular flexibility index (Phi) is 7.43. The number of rotatable bonds is 9. The number of aryl methyl sites for hydroxylation is 2. The summed E-state index contributed by atoms with van der Waals surface area (Å²) in [6, 6.07) is 24.6. The van der Waals surface area contributed by atoms with Crippen LogP contribution in [0.2, 0.25) is 0 Å². The summed E-state index contributed by atoms with van der Waals surface area (Å²) in [7, 11) is 0. The van der Waals surface area contributed by atoms with Crippen molar-refractivity contribution in [1.82, 2.24) is 14.8 Å². The number of nitriles is 1. The SMILES string of the molecule is Cc1ccc(-n2c(C)nnc2S[C@@H](C[N+](=O)[O-])c2ccc(OCc3ccccc3C#N)cc2)cc1. The van der Waals surface area contributed by atoms with E-state index >= 15 is 0 Å². The first-order valence-corrected chi connectivity index (χ1v) is 11.8. The van der Waals surface area contributed by atoms with Gasteiger partial charge in [0.1, 0.15) is 23.4 Å². The average Bonchev–Trinajstić information content (AvgIpc) is 3.22. The van der Waals surface area contributed by atoms with E-state index in [4.69, 9.17) is 4.74 Å². The van der Waals surface area contributed by atoms with Crippen molar-refractivity contribution >= 4 is 11.8 Å². The number of benzene rings is 3. The van der Waals surface area contributed by atoms with Crippen molar-refractivity contribution in [2.24, 2.45) is 0 Å². The summed E-state index contributed by atoms with van der Waals surface area (Å²) in [5, 5.41) is 29.3. The third-order valence-electron chi connectivity index (χ3n) is 5.43. The van der Waals surface area contributed by atoms with Crippen LogP contribution in [-0.2, 0) is 6.61 Å². The van der Waals surface area contributed by atoms with Gasteiger partial charge in [-0.05, 0) is 49.7 Å². The summed E-state index contributed by atoms with van der Waals surface area (Å²) >= 11 is 1.31. The first kappa shape index (κ1) is 24.0. The standard InChI is InChI=1S/C26H23N5O3S/c1-18-7-11-23(12-8-18)31-19(2)28-29-26(31)35-25(16-30(32)33)20-9-13-24(14-10-20)34-17-22-6-4-3-5-21(22)15-27/h3-14,25H,16-17H2,1-2H3/t25-/m0/s1. The molecule has 0 saturated carbocycles. The molecular formula is C26H23N5O3S. The zero-order valence-electron chi connectivity index (χ0n) is 19.3. The summed E-state index contributed by atoms with van der Waals surface area (Å²) < 4.78 is 7.74. The van der Waals surface area contributed by atoms with Crippen LogP contribution in [0.3, 0.4) is 0 Å². The van der Waals surface area contributed by atoms with Crippen LogP contribution < -0.4 is 4.74 Å². The summed E-state index contributed by atoms with van der Waals surface area (Å²) in [5.41, 5.74) is 4.19. The lowest BCUT2D eigenvalue weighted by atomic mass is 10.1. The Labute approximate surface area is 207 Å². The predicted molar refractivity (Wildman–Crippen MR) is 133 cm³/mol. The lowest BCUT2D eigenvalue weighted by molar-refractivity contribution is -0.479. The van der Waals surface area contributed by atoms with Crippen LogP contribution in [0.15, 0.2) is 78.0 Å². The van der Waals surface area contributed by atoms with Gasteiger partial charge in [0.2, 0.25) is 6.54 Å². The molecule has 1 atom stereocenters. The highest BCUT2D eigenvalue weighted by atomic mass is 32.2. The summed E-state index contributed by atoms with van der Waals surface area (Å²) in [6.45, 7) is 3.87. The molecule has 0 spiro atoms. The van der Waals surface area contributed by atoms with Crippen molar-refractivity contribution in [3.05, 3.63) is 111 Å². The molecule has 4 aromatic rings. The Morgan fingerprint density at radius 1 is 1.06 bits per heavy atom. The lowest BCUT2D eigenvalue weighted by Crippen LogP contribution is -2.11. The van der Waals surface area contributed by atoms with Gasteiger partial charge in [-0.25, -0.2) is 0 Å². The minimum atomic E-state index is -0.467. The number of thioether (sulfide) groups is 1. The highest BCUT2D eigenvalue weighted by molar-refractivity contribution is 7.99. The van der Waals surface area contributed by atoms with Crippen LogP contribution in [0.25, 0.3) is 5.69 Å². The van der Waals surface area contributed by atoms with E-state index < -0.39 is 5.25 Å². The maximum Gasteiger partial charge on any atom is 0.220 e. The first-order valence-electron chi connectivity index (χ1n) is 10.9. The molecule has 0 unspecified atom stereocenters. The summed E-state index contributed by atoms with van der Waals surface area (Å²) in [5.74, 6) is 1.32. The van der Waals surface area contributed by atoms with E-state index in [-0.39, 0.29) is 18.1 Å². The van der Waals surface area contributed by atoms with Crippen LogP contribution in [0.1, 0.15) is 33.3 Å². The normalized spacial score (nSPS) is 11.6. The van der Waals surface area contributed by atoms with Crippen LogP contribution >= 0.6 is 11.8 Å². The average molecular weight is 486 g/mol. The Hall–Kier alpha value is -4.16. The molecule has 0 saturated heterocycles. The molecule has 4 rings (SSSR count). The number of aromatic nitrogens is 3. The molecule has 0 bridgehead atoms. The molecule has 35 heavy (non-hydrogen) atoms. The maximum absolute atomic E-state index is 11.5. The largest absolute Gasteiger partial charge is 0.489 e. The topological polar surface area (TPSA) is 107 Å². The van der Waals surface area contributed by atoms with Crippen molar-refractivity contribution in [3.63, 3.8) is 0 Å². The van der Waals surface area contributed by atoms with E-state index in [1.807, 2.05) is 73.0 Å². The molecule has 1 aromatic heterocycles. The minimum Gasteiger partial charge on any atom is -0.489 e. The highest BCUT2D eigenvalue weighted by Crippen LogP contribution is 2.36. The second-order valence-corrected chi connectivity index (χ2v) is 9.12. The molecule has 0 radical (unpaired) electrons. The fraction of sp³-hybridized carbons (Fsp3) is 0.192. The Bertz CT molecular complexity index is 1360. The van der Waals surface area contributed by atoms with E-state index in [0.29, 0.717) is 22.3 Å². The van der Waals surface area contributed by atoms with Gasteiger partial charge in [-0.1, -0.05) is 59.8 Å². The molecule has 3 aromatic carbocycles. The van der Waals surface area contributed by atoms with Crippen LogP contribution in [0.4, 0.5) is 0 Å². The van der Waals surface area contributed by atoms with Crippen molar-refractivity contribution < 1.29 is 9.66 Å². The van der Waals surface area contributed by atoms with Crippen LogP contribution in [0.5, 0.6) is 5.75 Å². The second-order valence-electron chi connectivity index (χ2n) is 7.95. The number of hydrogen-bond acceptors (Lipinski definition) is 7. The van der Waals surface area contributed by atoms with E-state index in [9.17, 15) is 15.4 Å². The molecule has 176 valence electrons. The molecule has 0 aliphatic rings. The molecular weight excluding hydrogens is 462 g/mol. The second kappa shape index (κ2) is 10.8. The van der Waals surface area contributed by atoms with Crippen LogP contribution in [-0.4, -0.2) is 26.2 Å². The van der Waals surface area contributed by atoms with Crippen molar-refractivity contribution in [2.75, 3.05) is 6.54 Å². The number of nitro groups is 1. The van der Waals surface area contributed by atoms with Gasteiger partial charge in [-0.2, -0.15) is 5.26 Å². The smallest absolute Gasteiger partial charge is 0.220 e. The third-order valence-corrected chi connectivity index (χ3v) is 6.61. The first-order chi connectivity index (χ1) is 16.9. The fourth-order valence-corrected chi connectivity index (χ4v) is 4.75. The fourth-order valence-electron chi connectivity index (χ4n) is 3.58. The van der Waals surface area contributed by atoms with Gasteiger partial charge in [0.05, 0.1) is 11.6 Å². The summed E-state index contributed by atoms with van der Waals surface area (Å²) in [4.78, 5) is 11.1. The lowest BCUT2D eigenvalue weighted by Gasteiger charge is -2.15. The zero-order valence-corrected chi connectivity index (χ0v) is 20.1. The molecule has 0 N–H and O–H groups in total. The Balaban J connectivity index is 1.53. The predicted octanol–water partition coefficient (Wildman–Crippen LogP) is 5.44. The monoisotopic (exact) mass is 485 g/mol. The highest BCUT2D eigenvalue weighted by Gasteiger charge is 2.24. The number of hydrogen-bond donors (Lipinski definition) is 0. The summed E-state index contributed by atoms with van der Waals surface area (Å²) in [6.07, 6.45) is 0. The number of nitrogens with zero attached hydrogens (tertiary/aromatic N) is 5. The molecule has 1 heterocycles. The number of ether oxygens (including phenoxy) is 1. The van der Waals surface area contributed by atoms with Gasteiger partial charge in [0.15, 0.2) is 5.16 Å². The molecule has 0 fully saturated rings. The molecule has 0 amide bonds. The van der Waals surface area contributed by atoms with Gasteiger partial charge >= 0.3 is 0 Å². The minimum absolute atomic E-state index is 0.259. The molecule has 0 aliphatic heterocycles. The van der Waals surface area contributed by atoms with Crippen LogP contribution in [0, 0.1) is 35.3 Å². The Morgan fingerprint density at radius 2 is 1.77 bits per heavy atom. The Morgan fingerprint density at radius 3 is 2.46 bits per heavy atom. The molecule has 0 aliphatic carbocycles. The van der Waals surface area contributed by atoms with E-state index in [0.717, 1.165) is 22.4 Å². The van der Waals surface area contributed by atoms with Crippen molar-refractivity contribution in [1.29, 1.82) is 5.26 Å². The zero-order chi connectivity index (χ0) is 24.8. The molecule has 9 heteroatoms. The van der Waals surface area contributed by atoms with E-state index in [2.05, 4.69) is 16.3 Å². The van der Waals surface area contributed by atoms with Gasteiger partial charge in [0, 0.05) is 16.2 Å². The van der Waals surface area contributed by atoms with Crippen molar-refractivity contribution in [2.45, 2.75) is 30.9 Å². The molecule has 8 nitrogen and oxygen atoms in total. The van der Waals surface area contributed by atoms with Gasteiger partial charge in [0.25, 0.3) is 0 Å². The maximum atomic E-state index is 11.5. The van der Waals surface area contributed by atoms with E-state index in [1.165, 1.54) is 11.8 Å². The van der Waals surface area contributed by atoms with Crippen molar-refractivity contribution in [3.8, 4) is 17.5 Å². The van der Waals surface area contributed by atoms with Gasteiger partial charge < -0.3 is 4.74 Å². The van der Waals surface area contributed by atoms with Gasteiger partial charge in [-0.15, -0.1) is 10.2 Å². The quantitative estimate of drug-likeness (QED) is 0.176. The van der Waals surface area contributed by atoms with Gasteiger partial charge in [-0.3, -0.25) is 14.7 Å². The van der Waals surface area contributed by atoms with E-state index in [1.54, 1.807) is 18.2 Å².